The van der Waals surface area contributed by atoms with Crippen molar-refractivity contribution in [1.82, 2.24) is 14.8 Å². The fraction of sp³-hybridized carbons (Fsp3) is 0.308. The van der Waals surface area contributed by atoms with E-state index < -0.39 is 6.10 Å². The van der Waals surface area contributed by atoms with Crippen LogP contribution >= 0.6 is 0 Å². The van der Waals surface area contributed by atoms with Gasteiger partial charge >= 0.3 is 0 Å². The van der Waals surface area contributed by atoms with Crippen LogP contribution in [-0.2, 0) is 11.8 Å². The Balaban J connectivity index is 1.96. The molecule has 1 aliphatic rings. The Morgan fingerprint density at radius 3 is 2.84 bits per heavy atom. The van der Waals surface area contributed by atoms with E-state index in [1.54, 1.807) is 22.8 Å². The molecule has 1 atom stereocenters. The van der Waals surface area contributed by atoms with E-state index in [1.807, 2.05) is 24.3 Å². The highest BCUT2D eigenvalue weighted by Gasteiger charge is 2.31. The average molecular weight is 258 g/mol. The zero-order valence-electron chi connectivity index (χ0n) is 10.5. The van der Waals surface area contributed by atoms with Crippen LogP contribution in [0.3, 0.4) is 0 Å². The highest BCUT2D eigenvalue weighted by Crippen LogP contribution is 2.25. The molecule has 0 spiro atoms. The third kappa shape index (κ3) is 2.10. The number of hydrogen-bond donors (Lipinski definition) is 1. The summed E-state index contributed by atoms with van der Waals surface area (Å²) in [6, 6.07) is 7.42. The van der Waals surface area contributed by atoms with Gasteiger partial charge in [0.2, 0.25) is 5.91 Å². The topological polar surface area (TPSA) is 71.2 Å². The summed E-state index contributed by atoms with van der Waals surface area (Å²) < 4.78 is 1.64. The van der Waals surface area contributed by atoms with Crippen LogP contribution in [0.1, 0.15) is 6.42 Å². The number of aliphatic hydroxyl groups is 1. The van der Waals surface area contributed by atoms with E-state index in [-0.39, 0.29) is 12.3 Å². The second kappa shape index (κ2) is 4.47. The molecule has 0 saturated carbocycles. The molecule has 6 heteroatoms. The van der Waals surface area contributed by atoms with Crippen molar-refractivity contribution in [3.05, 3.63) is 30.5 Å². The molecule has 0 aromatic carbocycles. The van der Waals surface area contributed by atoms with E-state index in [0.29, 0.717) is 18.1 Å². The van der Waals surface area contributed by atoms with Gasteiger partial charge in [-0.15, -0.1) is 0 Å². The van der Waals surface area contributed by atoms with E-state index in [1.165, 1.54) is 0 Å². The summed E-state index contributed by atoms with van der Waals surface area (Å²) in [5, 5.41) is 13.9. The summed E-state index contributed by atoms with van der Waals surface area (Å²) in [6.45, 7) is 0.319. The van der Waals surface area contributed by atoms with E-state index >= 15 is 0 Å². The molecule has 1 fully saturated rings. The highest BCUT2D eigenvalue weighted by molar-refractivity contribution is 5.95. The molecule has 2 aromatic heterocycles. The Kier molecular flexibility index (Phi) is 2.79. The Morgan fingerprint density at radius 1 is 1.37 bits per heavy atom. The van der Waals surface area contributed by atoms with Crippen molar-refractivity contribution >= 4 is 11.7 Å². The minimum absolute atomic E-state index is 0.0805. The van der Waals surface area contributed by atoms with Gasteiger partial charge in [0, 0.05) is 19.3 Å². The maximum Gasteiger partial charge on any atom is 0.230 e. The Bertz CT molecular complexity index is 608. The average Bonchev–Trinajstić information content (AvgIpc) is 2.93. The zero-order chi connectivity index (χ0) is 13.4. The lowest BCUT2D eigenvalue weighted by molar-refractivity contribution is -0.117. The standard InChI is InChI=1S/C13H14N4O2/c1-16-12(17-8-9(18)6-13(17)19)7-11(15-16)10-4-2-3-5-14-10/h2-5,7,9,18H,6,8H2,1H3. The van der Waals surface area contributed by atoms with Gasteiger partial charge in [0.15, 0.2) is 0 Å². The van der Waals surface area contributed by atoms with Gasteiger partial charge in [0.1, 0.15) is 11.5 Å². The first kappa shape index (κ1) is 11.9. The second-order valence-electron chi connectivity index (χ2n) is 4.59. The number of aliphatic hydroxyl groups excluding tert-OH is 1. The smallest absolute Gasteiger partial charge is 0.230 e. The molecular weight excluding hydrogens is 244 g/mol. The predicted molar refractivity (Wildman–Crippen MR) is 69.4 cm³/mol. The van der Waals surface area contributed by atoms with Gasteiger partial charge in [-0.25, -0.2) is 0 Å². The summed E-state index contributed by atoms with van der Waals surface area (Å²) in [7, 11) is 1.78. The third-order valence-corrected chi connectivity index (χ3v) is 3.16. The summed E-state index contributed by atoms with van der Waals surface area (Å²) in [4.78, 5) is 17.6. The van der Waals surface area contributed by atoms with Crippen LogP contribution in [0.4, 0.5) is 5.82 Å². The van der Waals surface area contributed by atoms with Crippen molar-refractivity contribution in [1.29, 1.82) is 0 Å². The summed E-state index contributed by atoms with van der Waals surface area (Å²) in [6.07, 6.45) is 1.28. The minimum atomic E-state index is -0.597. The van der Waals surface area contributed by atoms with E-state index in [9.17, 15) is 9.90 Å². The number of nitrogens with zero attached hydrogens (tertiary/aromatic N) is 4. The molecule has 6 nitrogen and oxygen atoms in total. The van der Waals surface area contributed by atoms with Crippen LogP contribution in [0.15, 0.2) is 30.5 Å². The Morgan fingerprint density at radius 2 is 2.21 bits per heavy atom. The first-order chi connectivity index (χ1) is 9.15. The van der Waals surface area contributed by atoms with Gasteiger partial charge < -0.3 is 5.11 Å². The minimum Gasteiger partial charge on any atom is -0.391 e. The van der Waals surface area contributed by atoms with Crippen LogP contribution in [0.2, 0.25) is 0 Å². The van der Waals surface area contributed by atoms with Gasteiger partial charge in [-0.1, -0.05) is 6.07 Å². The number of anilines is 1. The molecule has 1 N–H and O–H groups in total. The van der Waals surface area contributed by atoms with Crippen molar-refractivity contribution in [2.45, 2.75) is 12.5 Å². The Hall–Kier alpha value is -2.21. The van der Waals surface area contributed by atoms with Crippen molar-refractivity contribution in [3.63, 3.8) is 0 Å². The molecule has 1 saturated heterocycles. The molecule has 1 aliphatic heterocycles. The zero-order valence-corrected chi connectivity index (χ0v) is 10.5. The molecule has 19 heavy (non-hydrogen) atoms. The van der Waals surface area contributed by atoms with Crippen LogP contribution in [0, 0.1) is 0 Å². The summed E-state index contributed by atoms with van der Waals surface area (Å²) in [5.41, 5.74) is 1.48. The third-order valence-electron chi connectivity index (χ3n) is 3.16. The molecule has 2 aromatic rings. The molecular formula is C13H14N4O2. The highest BCUT2D eigenvalue weighted by atomic mass is 16.3. The lowest BCUT2D eigenvalue weighted by atomic mass is 10.3. The number of amides is 1. The van der Waals surface area contributed by atoms with Crippen molar-refractivity contribution in [2.75, 3.05) is 11.4 Å². The van der Waals surface area contributed by atoms with Crippen LogP contribution in [0.5, 0.6) is 0 Å². The van der Waals surface area contributed by atoms with Crippen LogP contribution in [0.25, 0.3) is 11.4 Å². The van der Waals surface area contributed by atoms with Gasteiger partial charge in [-0.2, -0.15) is 5.10 Å². The number of hydrogen-bond acceptors (Lipinski definition) is 4. The lowest BCUT2D eigenvalue weighted by Crippen LogP contribution is -2.27. The van der Waals surface area contributed by atoms with E-state index in [2.05, 4.69) is 10.1 Å². The molecule has 3 rings (SSSR count). The van der Waals surface area contributed by atoms with Gasteiger partial charge in [0.05, 0.1) is 24.8 Å². The number of carbonyl (C=O) groups is 1. The number of aromatic nitrogens is 3. The number of carbonyl (C=O) groups excluding carboxylic acids is 1. The molecule has 98 valence electrons. The van der Waals surface area contributed by atoms with Crippen LogP contribution in [-0.4, -0.2) is 38.4 Å². The van der Waals surface area contributed by atoms with E-state index in [0.717, 1.165) is 5.69 Å². The number of aryl methyl sites for hydroxylation is 1. The van der Waals surface area contributed by atoms with Gasteiger partial charge in [-0.3, -0.25) is 19.4 Å². The fourth-order valence-electron chi connectivity index (χ4n) is 2.26. The molecule has 3 heterocycles. The largest absolute Gasteiger partial charge is 0.391 e. The lowest BCUT2D eigenvalue weighted by Gasteiger charge is -2.14. The quantitative estimate of drug-likeness (QED) is 0.855. The molecule has 0 aliphatic carbocycles. The second-order valence-corrected chi connectivity index (χ2v) is 4.59. The molecule has 1 amide bonds. The molecule has 0 bridgehead atoms. The maximum absolute atomic E-state index is 11.8. The first-order valence-electron chi connectivity index (χ1n) is 6.09. The van der Waals surface area contributed by atoms with Gasteiger partial charge in [-0.05, 0) is 12.1 Å². The fourth-order valence-corrected chi connectivity index (χ4v) is 2.26. The van der Waals surface area contributed by atoms with Crippen molar-refractivity contribution < 1.29 is 9.90 Å². The monoisotopic (exact) mass is 258 g/mol. The predicted octanol–water partition coefficient (Wildman–Crippen LogP) is 0.580. The van der Waals surface area contributed by atoms with Crippen molar-refractivity contribution in [3.8, 4) is 11.4 Å². The maximum atomic E-state index is 11.8. The number of β-amino-alcohol motifs (C(OH)–C–C–N with tert-alkyl or cyclic N) is 1. The Labute approximate surface area is 110 Å². The molecule has 1 unspecified atom stereocenters. The van der Waals surface area contributed by atoms with Gasteiger partial charge in [0.25, 0.3) is 0 Å². The molecule has 0 radical (unpaired) electrons. The SMILES string of the molecule is Cn1nc(-c2ccccn2)cc1N1CC(O)CC1=O. The first-order valence-corrected chi connectivity index (χ1v) is 6.09. The van der Waals surface area contributed by atoms with Crippen LogP contribution < -0.4 is 4.90 Å². The van der Waals surface area contributed by atoms with Crippen molar-refractivity contribution in [2.24, 2.45) is 7.05 Å². The summed E-state index contributed by atoms with van der Waals surface area (Å²) in [5.74, 6) is 0.602. The summed E-state index contributed by atoms with van der Waals surface area (Å²) >= 11 is 0. The number of rotatable bonds is 2. The normalized spacial score (nSPS) is 19.2. The number of pyridine rings is 1. The van der Waals surface area contributed by atoms with E-state index in [4.69, 9.17) is 0 Å².